The van der Waals surface area contributed by atoms with Crippen LogP contribution in [0.2, 0.25) is 0 Å². The number of rotatable bonds is 1. The normalized spacial score (nSPS) is 6.33. The number of hydrogen-bond donors (Lipinski definition) is 0. The van der Waals surface area contributed by atoms with E-state index in [1.165, 1.54) is 6.92 Å². The molecule has 0 atom stereocenters. The van der Waals surface area contributed by atoms with E-state index in [2.05, 4.69) is 11.7 Å². The van der Waals surface area contributed by atoms with Crippen LogP contribution in [0.1, 0.15) is 27.7 Å². The topological polar surface area (TPSA) is 66.4 Å². The van der Waals surface area contributed by atoms with Gasteiger partial charge in [0.25, 0.3) is 0 Å². The Balaban J connectivity index is -0.000000118. The zero-order chi connectivity index (χ0) is 10.6. The van der Waals surface area contributed by atoms with Gasteiger partial charge in [-0.25, -0.2) is 0 Å². The largest absolute Gasteiger partial charge is 0.550 e. The molecule has 0 heterocycles. The van der Waals surface area contributed by atoms with Gasteiger partial charge in [0.2, 0.25) is 0 Å². The molecule has 12 heavy (non-hydrogen) atoms. The second kappa shape index (κ2) is 16.4. The summed E-state index contributed by atoms with van der Waals surface area (Å²) in [5, 5.41) is 8.89. The summed E-state index contributed by atoms with van der Waals surface area (Å²) in [6, 6.07) is 0. The van der Waals surface area contributed by atoms with Crippen LogP contribution >= 0.6 is 0 Å². The highest BCUT2D eigenvalue weighted by Gasteiger charge is 1.81. The predicted octanol–water partition coefficient (Wildman–Crippen LogP) is 0.166. The Labute approximate surface area is 73.5 Å². The quantitative estimate of drug-likeness (QED) is 0.422. The van der Waals surface area contributed by atoms with Crippen molar-refractivity contribution in [1.29, 1.82) is 0 Å². The SMILES string of the molecule is CC(=O)[O-].CCOC(C)=O.[CH2+]C. The van der Waals surface area contributed by atoms with Crippen LogP contribution < -0.4 is 5.11 Å². The molecular weight excluding hydrogens is 160 g/mol. The highest BCUT2D eigenvalue weighted by Crippen LogP contribution is 1.69. The lowest BCUT2D eigenvalue weighted by Gasteiger charge is -1.89. The van der Waals surface area contributed by atoms with Crippen LogP contribution in [0.4, 0.5) is 0 Å². The molecule has 0 saturated carbocycles. The number of hydrogen-bond acceptors (Lipinski definition) is 4. The average Bonchev–Trinajstić information content (AvgIpc) is 1.90. The fourth-order valence-corrected chi connectivity index (χ4v) is 0.203. The van der Waals surface area contributed by atoms with Gasteiger partial charge in [0.1, 0.15) is 0 Å². The molecule has 0 aliphatic heterocycles. The van der Waals surface area contributed by atoms with Gasteiger partial charge in [-0.05, 0) is 13.8 Å². The van der Waals surface area contributed by atoms with Gasteiger partial charge in [-0.3, -0.25) is 4.79 Å². The molecule has 0 radical (unpaired) electrons. The van der Waals surface area contributed by atoms with E-state index < -0.39 is 5.97 Å². The van der Waals surface area contributed by atoms with Gasteiger partial charge in [-0.15, -0.1) is 0 Å². The maximum absolute atomic E-state index is 9.82. The minimum atomic E-state index is -1.08. The molecule has 72 valence electrons. The lowest BCUT2D eigenvalue weighted by atomic mass is 10.8. The van der Waals surface area contributed by atoms with E-state index in [9.17, 15) is 4.79 Å². The van der Waals surface area contributed by atoms with Crippen molar-refractivity contribution in [3.63, 3.8) is 0 Å². The first-order valence-corrected chi connectivity index (χ1v) is 3.52. The number of carbonyl (C=O) groups is 2. The van der Waals surface area contributed by atoms with E-state index in [-0.39, 0.29) is 5.97 Å². The molecular formula is C8H16O4. The maximum Gasteiger partial charge on any atom is 0.302 e. The molecule has 0 saturated heterocycles. The summed E-state index contributed by atoms with van der Waals surface area (Å²) in [6.45, 7) is 9.63. The van der Waals surface area contributed by atoms with Gasteiger partial charge in [-0.2, -0.15) is 0 Å². The van der Waals surface area contributed by atoms with Crippen LogP contribution in [0.5, 0.6) is 0 Å². The fraction of sp³-hybridized carbons (Fsp3) is 0.625. The first-order chi connectivity index (χ1) is 5.50. The highest BCUT2D eigenvalue weighted by atomic mass is 16.5. The van der Waals surface area contributed by atoms with Crippen molar-refractivity contribution in [2.75, 3.05) is 6.61 Å². The summed E-state index contributed by atoms with van der Waals surface area (Å²) < 4.78 is 4.40. The van der Waals surface area contributed by atoms with Crippen molar-refractivity contribution in [1.82, 2.24) is 0 Å². The molecule has 0 N–H and O–H groups in total. The molecule has 0 aromatic rings. The summed E-state index contributed by atoms with van der Waals surface area (Å²) in [5.74, 6) is -1.29. The van der Waals surface area contributed by atoms with E-state index in [1.807, 2.05) is 0 Å². The maximum atomic E-state index is 9.82. The zero-order valence-electron chi connectivity index (χ0n) is 8.05. The van der Waals surface area contributed by atoms with Gasteiger partial charge in [-0.1, -0.05) is 0 Å². The first kappa shape index (κ1) is 17.1. The van der Waals surface area contributed by atoms with E-state index in [0.29, 0.717) is 6.61 Å². The van der Waals surface area contributed by atoms with Gasteiger partial charge >= 0.3 is 5.97 Å². The van der Waals surface area contributed by atoms with E-state index in [0.717, 1.165) is 6.92 Å². The molecule has 0 bridgehead atoms. The van der Waals surface area contributed by atoms with Crippen molar-refractivity contribution in [3.05, 3.63) is 6.92 Å². The summed E-state index contributed by atoms with van der Waals surface area (Å²) >= 11 is 0. The average molecular weight is 176 g/mol. The third kappa shape index (κ3) is 164. The van der Waals surface area contributed by atoms with E-state index in [1.54, 1.807) is 13.8 Å². The number of carboxylic acids is 1. The van der Waals surface area contributed by atoms with Crippen molar-refractivity contribution in [2.45, 2.75) is 27.7 Å². The van der Waals surface area contributed by atoms with E-state index in [4.69, 9.17) is 9.90 Å². The molecule has 0 aliphatic carbocycles. The van der Waals surface area contributed by atoms with Crippen molar-refractivity contribution < 1.29 is 19.4 Å². The van der Waals surface area contributed by atoms with Gasteiger partial charge in [0, 0.05) is 12.9 Å². The number of aliphatic carboxylic acids is 1. The van der Waals surface area contributed by atoms with Crippen molar-refractivity contribution in [2.24, 2.45) is 0 Å². The van der Waals surface area contributed by atoms with Gasteiger partial charge in [0.05, 0.1) is 20.5 Å². The molecule has 4 heteroatoms. The van der Waals surface area contributed by atoms with Crippen LogP contribution in [-0.4, -0.2) is 18.5 Å². The van der Waals surface area contributed by atoms with Crippen molar-refractivity contribution >= 4 is 11.9 Å². The molecule has 0 rings (SSSR count). The first-order valence-electron chi connectivity index (χ1n) is 3.52. The fourth-order valence-electron chi connectivity index (χ4n) is 0.203. The summed E-state index contributed by atoms with van der Waals surface area (Å²) in [5.41, 5.74) is 0. The Morgan fingerprint density at radius 2 is 1.58 bits per heavy atom. The molecule has 0 aliphatic rings. The number of carboxylic acid groups (broad SMARTS) is 1. The smallest absolute Gasteiger partial charge is 0.302 e. The van der Waals surface area contributed by atoms with E-state index >= 15 is 0 Å². The summed E-state index contributed by atoms with van der Waals surface area (Å²) in [6.07, 6.45) is 0. The summed E-state index contributed by atoms with van der Waals surface area (Å²) in [4.78, 5) is 18.7. The standard InChI is InChI=1S/C4H8O2.C2H4O2.C2H5/c1-3-6-4(2)5;1-2(3)4;1-2/h3H2,1-2H3;1H3,(H,3,4);1H2,2H3/q;;+1/p-1. The Bertz CT molecular complexity index is 106. The molecule has 0 amide bonds. The molecule has 0 unspecified atom stereocenters. The van der Waals surface area contributed by atoms with Crippen molar-refractivity contribution in [3.8, 4) is 0 Å². The van der Waals surface area contributed by atoms with Crippen LogP contribution in [-0.2, 0) is 14.3 Å². The van der Waals surface area contributed by atoms with Crippen LogP contribution in [0, 0.1) is 6.92 Å². The highest BCUT2D eigenvalue weighted by molar-refractivity contribution is 5.65. The second-order valence-corrected chi connectivity index (χ2v) is 1.42. The number of carbonyl (C=O) groups excluding carboxylic acids is 2. The van der Waals surface area contributed by atoms with Crippen LogP contribution in [0.15, 0.2) is 0 Å². The lowest BCUT2D eigenvalue weighted by Crippen LogP contribution is -2.16. The minimum absolute atomic E-state index is 0.211. The Morgan fingerprint density at radius 1 is 1.33 bits per heavy atom. The van der Waals surface area contributed by atoms with Crippen LogP contribution in [0.25, 0.3) is 0 Å². The van der Waals surface area contributed by atoms with Gasteiger partial charge in [0.15, 0.2) is 0 Å². The second-order valence-electron chi connectivity index (χ2n) is 1.42. The molecule has 4 nitrogen and oxygen atoms in total. The Hall–Kier alpha value is -1.19. The molecule has 0 aromatic heterocycles. The molecule has 0 spiro atoms. The van der Waals surface area contributed by atoms with Gasteiger partial charge < -0.3 is 14.6 Å². The predicted molar refractivity (Wildman–Crippen MR) is 44.0 cm³/mol. The number of esters is 1. The Kier molecular flexibility index (Phi) is 23.3. The lowest BCUT2D eigenvalue weighted by molar-refractivity contribution is -0.302. The third-order valence-corrected chi connectivity index (χ3v) is 0.348. The zero-order valence-corrected chi connectivity index (χ0v) is 8.05. The minimum Gasteiger partial charge on any atom is -0.550 e. The monoisotopic (exact) mass is 176 g/mol. The molecule has 0 fully saturated rings. The molecule has 0 aromatic carbocycles. The summed E-state index contributed by atoms with van der Waals surface area (Å²) in [7, 11) is 0. The number of ether oxygens (including phenoxy) is 1. The Morgan fingerprint density at radius 3 is 1.58 bits per heavy atom. The third-order valence-electron chi connectivity index (χ3n) is 0.348. The van der Waals surface area contributed by atoms with Crippen LogP contribution in [0.3, 0.4) is 0 Å².